The minimum atomic E-state index is -1.23. The summed E-state index contributed by atoms with van der Waals surface area (Å²) in [4.78, 5) is 23.8. The van der Waals surface area contributed by atoms with Gasteiger partial charge in [-0.1, -0.05) is 24.6 Å². The van der Waals surface area contributed by atoms with Crippen LogP contribution < -0.4 is 10.1 Å². The standard InChI is InChI=1S/C16H18ClN3O4/c1-3-6-20-9-11(8-18-20)15(21)19-14(16(22)23)10-4-5-13(24-2)12(17)7-10/h4-5,7-9,14H,3,6H2,1-2H3,(H,19,21)(H,22,23). The number of hydrogen-bond acceptors (Lipinski definition) is 4. The lowest BCUT2D eigenvalue weighted by Gasteiger charge is -2.15. The Morgan fingerprint density at radius 3 is 2.79 bits per heavy atom. The van der Waals surface area contributed by atoms with E-state index in [0.717, 1.165) is 6.42 Å². The molecular weight excluding hydrogens is 334 g/mol. The molecule has 0 saturated heterocycles. The number of rotatable bonds is 7. The number of aromatic nitrogens is 2. The Morgan fingerprint density at radius 2 is 2.21 bits per heavy atom. The number of aryl methyl sites for hydroxylation is 1. The molecule has 128 valence electrons. The third-order valence-corrected chi connectivity index (χ3v) is 3.68. The van der Waals surface area contributed by atoms with Crippen molar-refractivity contribution in [2.75, 3.05) is 7.11 Å². The molecule has 24 heavy (non-hydrogen) atoms. The fraction of sp³-hybridized carbons (Fsp3) is 0.312. The molecule has 7 nitrogen and oxygen atoms in total. The van der Waals surface area contributed by atoms with Gasteiger partial charge in [0.15, 0.2) is 6.04 Å². The molecule has 0 aliphatic heterocycles. The molecule has 1 unspecified atom stereocenters. The summed E-state index contributed by atoms with van der Waals surface area (Å²) in [6.45, 7) is 2.68. The maximum absolute atomic E-state index is 12.3. The van der Waals surface area contributed by atoms with E-state index >= 15 is 0 Å². The number of amides is 1. The molecule has 0 spiro atoms. The van der Waals surface area contributed by atoms with Crippen molar-refractivity contribution in [3.63, 3.8) is 0 Å². The highest BCUT2D eigenvalue weighted by Gasteiger charge is 2.24. The van der Waals surface area contributed by atoms with E-state index in [9.17, 15) is 14.7 Å². The molecule has 2 N–H and O–H groups in total. The Bertz CT molecular complexity index is 745. The summed E-state index contributed by atoms with van der Waals surface area (Å²) in [7, 11) is 1.46. The molecular formula is C16H18ClN3O4. The molecule has 0 aliphatic carbocycles. The summed E-state index contributed by atoms with van der Waals surface area (Å²) in [6, 6.07) is 3.33. The first-order chi connectivity index (χ1) is 11.5. The Morgan fingerprint density at radius 1 is 1.46 bits per heavy atom. The van der Waals surface area contributed by atoms with Crippen LogP contribution >= 0.6 is 11.6 Å². The van der Waals surface area contributed by atoms with Gasteiger partial charge in [-0.05, 0) is 24.1 Å². The molecule has 2 aromatic rings. The summed E-state index contributed by atoms with van der Waals surface area (Å²) < 4.78 is 6.67. The molecule has 1 aromatic heterocycles. The van der Waals surface area contributed by atoms with Gasteiger partial charge in [0.05, 0.1) is 23.9 Å². The van der Waals surface area contributed by atoms with E-state index < -0.39 is 17.9 Å². The number of hydrogen-bond donors (Lipinski definition) is 2. The van der Waals surface area contributed by atoms with Crippen molar-refractivity contribution >= 4 is 23.5 Å². The van der Waals surface area contributed by atoms with E-state index in [1.165, 1.54) is 19.4 Å². The van der Waals surface area contributed by atoms with Gasteiger partial charge in [0.25, 0.3) is 5.91 Å². The van der Waals surface area contributed by atoms with E-state index in [1.54, 1.807) is 23.0 Å². The second-order valence-corrected chi connectivity index (χ2v) is 5.54. The molecule has 0 bridgehead atoms. The van der Waals surface area contributed by atoms with E-state index in [0.29, 0.717) is 23.4 Å². The fourth-order valence-electron chi connectivity index (χ4n) is 2.20. The van der Waals surface area contributed by atoms with Crippen LogP contribution in [0.25, 0.3) is 0 Å². The van der Waals surface area contributed by atoms with E-state index in [2.05, 4.69) is 10.4 Å². The Kier molecular flexibility index (Phi) is 5.81. The predicted octanol–water partition coefficient (Wildman–Crippen LogP) is 2.51. The van der Waals surface area contributed by atoms with Crippen LogP contribution in [-0.4, -0.2) is 33.9 Å². The number of carboxylic acid groups (broad SMARTS) is 1. The number of carbonyl (C=O) groups excluding carboxylic acids is 1. The lowest BCUT2D eigenvalue weighted by molar-refractivity contribution is -0.139. The van der Waals surface area contributed by atoms with Crippen molar-refractivity contribution in [3.8, 4) is 5.75 Å². The molecule has 1 heterocycles. The van der Waals surface area contributed by atoms with Gasteiger partial charge in [-0.3, -0.25) is 9.48 Å². The van der Waals surface area contributed by atoms with Crippen molar-refractivity contribution < 1.29 is 19.4 Å². The first-order valence-corrected chi connectivity index (χ1v) is 7.73. The monoisotopic (exact) mass is 351 g/mol. The third kappa shape index (κ3) is 4.05. The van der Waals surface area contributed by atoms with Crippen molar-refractivity contribution in [3.05, 3.63) is 46.7 Å². The maximum atomic E-state index is 12.3. The second-order valence-electron chi connectivity index (χ2n) is 5.13. The largest absolute Gasteiger partial charge is 0.495 e. The van der Waals surface area contributed by atoms with Crippen LogP contribution in [0.5, 0.6) is 5.75 Å². The average molecular weight is 352 g/mol. The van der Waals surface area contributed by atoms with Crippen molar-refractivity contribution in [1.82, 2.24) is 15.1 Å². The lowest BCUT2D eigenvalue weighted by atomic mass is 10.1. The van der Waals surface area contributed by atoms with Crippen LogP contribution in [0.3, 0.4) is 0 Å². The number of ether oxygens (including phenoxy) is 1. The number of aliphatic carboxylic acids is 1. The molecule has 1 aromatic carbocycles. The molecule has 0 saturated carbocycles. The van der Waals surface area contributed by atoms with Gasteiger partial charge in [-0.2, -0.15) is 5.10 Å². The third-order valence-electron chi connectivity index (χ3n) is 3.38. The first kappa shape index (κ1) is 17.8. The number of halogens is 1. The van der Waals surface area contributed by atoms with Gasteiger partial charge in [0.2, 0.25) is 0 Å². The van der Waals surface area contributed by atoms with Crippen molar-refractivity contribution in [1.29, 1.82) is 0 Å². The van der Waals surface area contributed by atoms with Crippen LogP contribution in [0, 0.1) is 0 Å². The summed E-state index contributed by atoms with van der Waals surface area (Å²) in [5.74, 6) is -1.28. The van der Waals surface area contributed by atoms with Gasteiger partial charge in [0.1, 0.15) is 5.75 Å². The second kappa shape index (κ2) is 7.83. The summed E-state index contributed by atoms with van der Waals surface area (Å²) in [5.41, 5.74) is 0.650. The Labute approximate surface area is 144 Å². The zero-order chi connectivity index (χ0) is 17.7. The van der Waals surface area contributed by atoms with Gasteiger partial charge in [-0.15, -0.1) is 0 Å². The van der Waals surface area contributed by atoms with Crippen LogP contribution in [0.4, 0.5) is 0 Å². The zero-order valence-corrected chi connectivity index (χ0v) is 14.1. The predicted molar refractivity (Wildman–Crippen MR) is 88.4 cm³/mol. The highest BCUT2D eigenvalue weighted by Crippen LogP contribution is 2.28. The van der Waals surface area contributed by atoms with E-state index in [1.807, 2.05) is 6.92 Å². The molecule has 8 heteroatoms. The van der Waals surface area contributed by atoms with Gasteiger partial charge >= 0.3 is 5.97 Å². The summed E-state index contributed by atoms with van der Waals surface area (Å²) in [5, 5.41) is 16.2. The minimum Gasteiger partial charge on any atom is -0.495 e. The SMILES string of the molecule is CCCn1cc(C(=O)NC(C(=O)O)c2ccc(OC)c(Cl)c2)cn1. The maximum Gasteiger partial charge on any atom is 0.330 e. The normalized spacial score (nSPS) is 11.8. The van der Waals surface area contributed by atoms with Crippen LogP contribution in [0.15, 0.2) is 30.6 Å². The molecule has 1 atom stereocenters. The fourth-order valence-corrected chi connectivity index (χ4v) is 2.46. The first-order valence-electron chi connectivity index (χ1n) is 7.35. The summed E-state index contributed by atoms with van der Waals surface area (Å²) >= 11 is 6.03. The molecule has 2 rings (SSSR count). The van der Waals surface area contributed by atoms with Gasteiger partial charge in [0, 0.05) is 12.7 Å². The van der Waals surface area contributed by atoms with E-state index in [-0.39, 0.29) is 5.02 Å². The topological polar surface area (TPSA) is 93.5 Å². The van der Waals surface area contributed by atoms with Crippen molar-refractivity contribution in [2.24, 2.45) is 0 Å². The molecule has 0 radical (unpaired) electrons. The number of nitrogens with zero attached hydrogens (tertiary/aromatic N) is 2. The molecule has 1 amide bonds. The zero-order valence-electron chi connectivity index (χ0n) is 13.3. The number of methoxy groups -OCH3 is 1. The van der Waals surface area contributed by atoms with Crippen LogP contribution in [0.2, 0.25) is 5.02 Å². The lowest BCUT2D eigenvalue weighted by Crippen LogP contribution is -2.33. The highest BCUT2D eigenvalue weighted by molar-refractivity contribution is 6.32. The molecule has 0 fully saturated rings. The van der Waals surface area contributed by atoms with Crippen LogP contribution in [0.1, 0.15) is 35.3 Å². The summed E-state index contributed by atoms with van der Waals surface area (Å²) in [6.07, 6.45) is 3.87. The minimum absolute atomic E-state index is 0.270. The van der Waals surface area contributed by atoms with E-state index in [4.69, 9.17) is 16.3 Å². The average Bonchev–Trinajstić information content (AvgIpc) is 3.01. The number of benzene rings is 1. The molecule has 0 aliphatic rings. The highest BCUT2D eigenvalue weighted by atomic mass is 35.5. The number of nitrogens with one attached hydrogen (secondary N) is 1. The van der Waals surface area contributed by atoms with Gasteiger partial charge in [-0.25, -0.2) is 4.79 Å². The number of carbonyl (C=O) groups is 2. The number of carboxylic acids is 1. The van der Waals surface area contributed by atoms with Crippen LogP contribution in [-0.2, 0) is 11.3 Å². The Balaban J connectivity index is 2.20. The van der Waals surface area contributed by atoms with Gasteiger partial charge < -0.3 is 15.2 Å². The smallest absolute Gasteiger partial charge is 0.330 e. The quantitative estimate of drug-likeness (QED) is 0.799. The van der Waals surface area contributed by atoms with Crippen molar-refractivity contribution in [2.45, 2.75) is 25.9 Å². The Hall–Kier alpha value is -2.54.